The summed E-state index contributed by atoms with van der Waals surface area (Å²) in [5, 5.41) is 3.68. The molecule has 4 nitrogen and oxygen atoms in total. The maximum Gasteiger partial charge on any atom is 0.213 e. The van der Waals surface area contributed by atoms with Gasteiger partial charge in [0.1, 0.15) is 0 Å². The third kappa shape index (κ3) is 3.89. The summed E-state index contributed by atoms with van der Waals surface area (Å²) in [7, 11) is 1.86. The highest BCUT2D eigenvalue weighted by atomic mass is 35.5. The molecule has 0 atom stereocenters. The Kier molecular flexibility index (Phi) is 5.13. The second-order valence-corrected chi connectivity index (χ2v) is 5.41. The van der Waals surface area contributed by atoms with Gasteiger partial charge in [-0.05, 0) is 20.0 Å². The van der Waals surface area contributed by atoms with Crippen LogP contribution < -0.4 is 10.1 Å². The number of nitrogens with zero attached hydrogens (tertiary/aromatic N) is 2. The number of hydrogen-bond donors (Lipinski definition) is 1. The minimum atomic E-state index is 0.594. The van der Waals surface area contributed by atoms with Crippen molar-refractivity contribution < 1.29 is 4.74 Å². The van der Waals surface area contributed by atoms with Crippen LogP contribution in [0.25, 0.3) is 0 Å². The molecule has 0 aliphatic carbocycles. The first kappa shape index (κ1) is 14.2. The summed E-state index contributed by atoms with van der Waals surface area (Å²) in [5.74, 6) is 0.608. The van der Waals surface area contributed by atoms with Gasteiger partial charge in [0.25, 0.3) is 0 Å². The van der Waals surface area contributed by atoms with Crippen LogP contribution in [0.2, 0.25) is 5.02 Å². The Labute approximate surface area is 121 Å². The molecule has 0 spiro atoms. The van der Waals surface area contributed by atoms with Gasteiger partial charge in [-0.2, -0.15) is 0 Å². The average molecular weight is 298 g/mol. The van der Waals surface area contributed by atoms with Crippen LogP contribution in [-0.4, -0.2) is 23.6 Å². The third-order valence-corrected chi connectivity index (χ3v) is 4.00. The number of pyridine rings is 1. The Morgan fingerprint density at radius 2 is 2.26 bits per heavy atom. The molecule has 0 aliphatic heterocycles. The number of aryl methyl sites for hydroxylation is 1. The molecule has 6 heteroatoms. The molecular weight excluding hydrogens is 282 g/mol. The average Bonchev–Trinajstić information content (AvgIpc) is 2.79. The second kappa shape index (κ2) is 6.84. The number of nitrogens with one attached hydrogen (secondary N) is 1. The highest BCUT2D eigenvalue weighted by Gasteiger charge is 2.05. The Bertz CT molecular complexity index is 544. The predicted molar refractivity (Wildman–Crippen MR) is 78.1 cm³/mol. The molecule has 19 heavy (non-hydrogen) atoms. The Balaban J connectivity index is 1.92. The number of ether oxygens (including phenoxy) is 1. The fraction of sp³-hybridized carbons (Fsp3) is 0.385. The van der Waals surface area contributed by atoms with Gasteiger partial charge in [0, 0.05) is 23.9 Å². The Hall–Kier alpha value is -1.17. The highest BCUT2D eigenvalue weighted by Crippen LogP contribution is 2.18. The summed E-state index contributed by atoms with van der Waals surface area (Å²) in [6.45, 7) is 3.23. The fourth-order valence-electron chi connectivity index (χ4n) is 1.65. The molecule has 0 aromatic carbocycles. The normalized spacial score (nSPS) is 10.7. The van der Waals surface area contributed by atoms with Gasteiger partial charge in [-0.15, -0.1) is 11.3 Å². The van der Waals surface area contributed by atoms with E-state index in [9.17, 15) is 0 Å². The minimum absolute atomic E-state index is 0.594. The molecule has 2 rings (SSSR count). The molecule has 1 N–H and O–H groups in total. The van der Waals surface area contributed by atoms with E-state index in [0.29, 0.717) is 24.1 Å². The van der Waals surface area contributed by atoms with Crippen molar-refractivity contribution in [3.63, 3.8) is 0 Å². The van der Waals surface area contributed by atoms with Gasteiger partial charge in [-0.25, -0.2) is 9.97 Å². The zero-order chi connectivity index (χ0) is 13.7. The number of hydrogen-bond acceptors (Lipinski definition) is 5. The lowest BCUT2D eigenvalue weighted by molar-refractivity contribution is 0.309. The molecular formula is C13H16ClN3OS. The number of halogens is 1. The van der Waals surface area contributed by atoms with E-state index in [1.807, 2.05) is 25.5 Å². The minimum Gasteiger partial charge on any atom is -0.477 e. The molecule has 0 aliphatic rings. The van der Waals surface area contributed by atoms with Gasteiger partial charge in [0.15, 0.2) is 0 Å². The van der Waals surface area contributed by atoms with Crippen LogP contribution in [0.4, 0.5) is 0 Å². The lowest BCUT2D eigenvalue weighted by Crippen LogP contribution is -2.09. The summed E-state index contributed by atoms with van der Waals surface area (Å²) in [4.78, 5) is 9.84. The monoisotopic (exact) mass is 297 g/mol. The summed E-state index contributed by atoms with van der Waals surface area (Å²) in [6.07, 6.45) is 0.849. The van der Waals surface area contributed by atoms with Crippen LogP contribution >= 0.6 is 22.9 Å². The quantitative estimate of drug-likeness (QED) is 0.890. The molecule has 2 aromatic rings. The molecule has 102 valence electrons. The third-order valence-electron chi connectivity index (χ3n) is 2.66. The van der Waals surface area contributed by atoms with E-state index in [-0.39, 0.29) is 0 Å². The second-order valence-electron chi connectivity index (χ2n) is 4.07. The van der Waals surface area contributed by atoms with Gasteiger partial charge in [-0.3, -0.25) is 0 Å². The molecule has 0 saturated carbocycles. The lowest BCUT2D eigenvalue weighted by atomic mass is 10.3. The molecule has 0 radical (unpaired) electrons. The number of thiazole rings is 1. The maximum atomic E-state index is 6.05. The van der Waals surface area contributed by atoms with Crippen molar-refractivity contribution in [2.24, 2.45) is 0 Å². The molecule has 0 bridgehead atoms. The van der Waals surface area contributed by atoms with E-state index in [2.05, 4.69) is 15.3 Å². The molecule has 0 amide bonds. The van der Waals surface area contributed by atoms with Gasteiger partial charge < -0.3 is 10.1 Å². The summed E-state index contributed by atoms with van der Waals surface area (Å²) in [6, 6.07) is 3.61. The smallest absolute Gasteiger partial charge is 0.213 e. The van der Waals surface area contributed by atoms with Crippen molar-refractivity contribution in [1.29, 1.82) is 0 Å². The van der Waals surface area contributed by atoms with Gasteiger partial charge in [0.05, 0.1) is 28.5 Å². The molecule has 0 fully saturated rings. The van der Waals surface area contributed by atoms with Crippen LogP contribution in [0, 0.1) is 6.92 Å². The topological polar surface area (TPSA) is 47.0 Å². The van der Waals surface area contributed by atoms with Gasteiger partial charge in [-0.1, -0.05) is 11.6 Å². The zero-order valence-corrected chi connectivity index (χ0v) is 12.5. The van der Waals surface area contributed by atoms with Crippen LogP contribution in [0.15, 0.2) is 17.6 Å². The lowest BCUT2D eigenvalue weighted by Gasteiger charge is -2.08. The van der Waals surface area contributed by atoms with Crippen molar-refractivity contribution in [2.45, 2.75) is 19.9 Å². The van der Waals surface area contributed by atoms with E-state index in [0.717, 1.165) is 17.8 Å². The summed E-state index contributed by atoms with van der Waals surface area (Å²) < 4.78 is 5.66. The molecule has 2 heterocycles. The number of aromatic nitrogens is 2. The van der Waals surface area contributed by atoms with Crippen LogP contribution in [-0.2, 0) is 13.0 Å². The first-order chi connectivity index (χ1) is 9.20. The zero-order valence-electron chi connectivity index (χ0n) is 10.9. The van der Waals surface area contributed by atoms with Crippen molar-refractivity contribution in [3.05, 3.63) is 38.9 Å². The van der Waals surface area contributed by atoms with E-state index >= 15 is 0 Å². The van der Waals surface area contributed by atoms with Gasteiger partial charge in [0.2, 0.25) is 5.88 Å². The fourth-order valence-corrected chi connectivity index (χ4v) is 2.59. The van der Waals surface area contributed by atoms with Crippen molar-refractivity contribution >= 4 is 22.9 Å². The highest BCUT2D eigenvalue weighted by molar-refractivity contribution is 7.09. The van der Waals surface area contributed by atoms with E-state index < -0.39 is 0 Å². The standard InChI is InChI=1S/C13H16ClN3OS/c1-9-12(19-8-16-9)5-6-18-13-4-3-10(14)11(17-13)7-15-2/h3-4,8,15H,5-7H2,1-2H3. The first-order valence-electron chi connectivity index (χ1n) is 6.02. The molecule has 0 saturated heterocycles. The predicted octanol–water partition coefficient (Wildman–Crippen LogP) is 2.84. The van der Waals surface area contributed by atoms with Crippen LogP contribution in [0.1, 0.15) is 16.3 Å². The van der Waals surface area contributed by atoms with E-state index in [4.69, 9.17) is 16.3 Å². The van der Waals surface area contributed by atoms with Crippen molar-refractivity contribution in [2.75, 3.05) is 13.7 Å². The summed E-state index contributed by atoms with van der Waals surface area (Å²) >= 11 is 7.70. The van der Waals surface area contributed by atoms with E-state index in [1.54, 1.807) is 17.4 Å². The van der Waals surface area contributed by atoms with Crippen molar-refractivity contribution in [3.8, 4) is 5.88 Å². The Morgan fingerprint density at radius 3 is 2.95 bits per heavy atom. The van der Waals surface area contributed by atoms with Crippen LogP contribution in [0.5, 0.6) is 5.88 Å². The maximum absolute atomic E-state index is 6.05. The summed E-state index contributed by atoms with van der Waals surface area (Å²) in [5.41, 5.74) is 3.74. The largest absolute Gasteiger partial charge is 0.477 e. The van der Waals surface area contributed by atoms with Crippen molar-refractivity contribution in [1.82, 2.24) is 15.3 Å². The van der Waals surface area contributed by atoms with E-state index in [1.165, 1.54) is 4.88 Å². The first-order valence-corrected chi connectivity index (χ1v) is 7.28. The van der Waals surface area contributed by atoms with Crippen LogP contribution in [0.3, 0.4) is 0 Å². The molecule has 0 unspecified atom stereocenters. The SMILES string of the molecule is CNCc1nc(OCCc2scnc2C)ccc1Cl. The Morgan fingerprint density at radius 1 is 1.42 bits per heavy atom. The molecule has 2 aromatic heterocycles. The van der Waals surface area contributed by atoms with Gasteiger partial charge >= 0.3 is 0 Å². The number of rotatable bonds is 6.